The van der Waals surface area contributed by atoms with Crippen molar-refractivity contribution in [2.45, 2.75) is 17.9 Å². The van der Waals surface area contributed by atoms with Crippen LogP contribution in [0.15, 0.2) is 53.4 Å². The number of anilines is 1. The number of aliphatic hydroxyl groups excluding tert-OH is 1. The van der Waals surface area contributed by atoms with E-state index in [1.165, 1.54) is 23.5 Å². The average molecular weight is 466 g/mol. The first-order chi connectivity index (χ1) is 14.1. The summed E-state index contributed by atoms with van der Waals surface area (Å²) in [5, 5.41) is 15.9. The number of aromatic nitrogens is 1. The summed E-state index contributed by atoms with van der Waals surface area (Å²) in [7, 11) is -3.48. The molecule has 7 nitrogen and oxygen atoms in total. The van der Waals surface area contributed by atoms with E-state index in [1.54, 1.807) is 25.1 Å². The minimum atomic E-state index is -3.48. The zero-order valence-electron chi connectivity index (χ0n) is 16.2. The first kappa shape index (κ1) is 22.2. The summed E-state index contributed by atoms with van der Waals surface area (Å²) in [5.74, 6) is 0. The first-order valence-corrected chi connectivity index (χ1v) is 12.0. The lowest BCUT2D eigenvalue weighted by atomic mass is 10.1. The molecule has 3 N–H and O–H groups in total. The molecular weight excluding hydrogens is 446 g/mol. The van der Waals surface area contributed by atoms with Gasteiger partial charge in [0.1, 0.15) is 0 Å². The van der Waals surface area contributed by atoms with E-state index in [9.17, 15) is 18.3 Å². The van der Waals surface area contributed by atoms with E-state index in [1.807, 2.05) is 18.2 Å². The SMILES string of the molecule is Cc1nc(NC(=O)NCC(O)c2ccccc2)sc1-c1ccc(Cl)c(S(C)(=O)=O)c1. The molecule has 2 amide bonds. The topological polar surface area (TPSA) is 108 Å². The van der Waals surface area contributed by atoms with Crippen molar-refractivity contribution in [2.75, 3.05) is 18.1 Å². The van der Waals surface area contributed by atoms with Crippen molar-refractivity contribution in [1.29, 1.82) is 0 Å². The van der Waals surface area contributed by atoms with Crippen molar-refractivity contribution in [2.24, 2.45) is 0 Å². The minimum absolute atomic E-state index is 0.0385. The molecule has 0 fully saturated rings. The van der Waals surface area contributed by atoms with Crippen LogP contribution < -0.4 is 10.6 Å². The number of benzene rings is 2. The van der Waals surface area contributed by atoms with Crippen LogP contribution in [0, 0.1) is 6.92 Å². The highest BCUT2D eigenvalue weighted by atomic mass is 35.5. The van der Waals surface area contributed by atoms with Crippen LogP contribution in [-0.2, 0) is 9.84 Å². The van der Waals surface area contributed by atoms with E-state index in [2.05, 4.69) is 15.6 Å². The van der Waals surface area contributed by atoms with Crippen molar-refractivity contribution in [1.82, 2.24) is 10.3 Å². The van der Waals surface area contributed by atoms with E-state index in [-0.39, 0.29) is 16.5 Å². The third-order valence-electron chi connectivity index (χ3n) is 4.25. The van der Waals surface area contributed by atoms with Gasteiger partial charge in [-0.2, -0.15) is 0 Å². The molecule has 0 saturated carbocycles. The second kappa shape index (κ2) is 9.13. The van der Waals surface area contributed by atoms with E-state index in [0.717, 1.165) is 11.1 Å². The lowest BCUT2D eigenvalue weighted by molar-refractivity contribution is 0.175. The monoisotopic (exact) mass is 465 g/mol. The van der Waals surface area contributed by atoms with Crippen LogP contribution in [0.1, 0.15) is 17.4 Å². The van der Waals surface area contributed by atoms with Gasteiger partial charge in [0.05, 0.1) is 26.6 Å². The molecule has 1 heterocycles. The number of carbonyl (C=O) groups is 1. The number of nitrogens with zero attached hydrogens (tertiary/aromatic N) is 1. The van der Waals surface area contributed by atoms with Crippen LogP contribution in [0.4, 0.5) is 9.93 Å². The Labute approximate surface area is 183 Å². The van der Waals surface area contributed by atoms with Gasteiger partial charge in [-0.3, -0.25) is 5.32 Å². The normalized spacial score (nSPS) is 12.4. The Bertz CT molecular complexity index is 1160. The number of halogens is 1. The predicted molar refractivity (Wildman–Crippen MR) is 119 cm³/mol. The van der Waals surface area contributed by atoms with Gasteiger partial charge in [0.2, 0.25) is 0 Å². The van der Waals surface area contributed by atoms with E-state index < -0.39 is 22.0 Å². The number of nitrogens with one attached hydrogen (secondary N) is 2. The zero-order chi connectivity index (χ0) is 21.9. The molecule has 158 valence electrons. The lowest BCUT2D eigenvalue weighted by Crippen LogP contribution is -2.32. The van der Waals surface area contributed by atoms with E-state index >= 15 is 0 Å². The van der Waals surface area contributed by atoms with Gasteiger partial charge in [-0.15, -0.1) is 0 Å². The van der Waals surface area contributed by atoms with Gasteiger partial charge in [-0.25, -0.2) is 18.2 Å². The molecule has 1 unspecified atom stereocenters. The summed E-state index contributed by atoms with van der Waals surface area (Å²) < 4.78 is 23.8. The maximum atomic E-state index is 12.2. The van der Waals surface area contributed by atoms with Crippen LogP contribution in [-0.4, -0.2) is 37.3 Å². The Morgan fingerprint density at radius 1 is 1.23 bits per heavy atom. The molecule has 0 bridgehead atoms. The van der Waals surface area contributed by atoms with Crippen LogP contribution in [0.25, 0.3) is 10.4 Å². The van der Waals surface area contributed by atoms with Gasteiger partial charge in [0.25, 0.3) is 0 Å². The highest BCUT2D eigenvalue weighted by Gasteiger charge is 2.17. The van der Waals surface area contributed by atoms with E-state index in [0.29, 0.717) is 22.0 Å². The predicted octanol–water partition coefficient (Wildman–Crippen LogP) is 4.03. The highest BCUT2D eigenvalue weighted by Crippen LogP contribution is 2.35. The molecule has 1 atom stereocenters. The number of hydrogen-bond donors (Lipinski definition) is 3. The molecule has 0 saturated heterocycles. The molecule has 30 heavy (non-hydrogen) atoms. The maximum absolute atomic E-state index is 12.2. The van der Waals surface area contributed by atoms with Crippen molar-refractivity contribution < 1.29 is 18.3 Å². The Morgan fingerprint density at radius 2 is 1.93 bits per heavy atom. The Hall–Kier alpha value is -2.46. The van der Waals surface area contributed by atoms with Gasteiger partial charge >= 0.3 is 6.03 Å². The quantitative estimate of drug-likeness (QED) is 0.509. The number of urea groups is 1. The zero-order valence-corrected chi connectivity index (χ0v) is 18.6. The Morgan fingerprint density at radius 3 is 2.60 bits per heavy atom. The number of aliphatic hydroxyl groups is 1. The van der Waals surface area contributed by atoms with Crippen molar-refractivity contribution in [3.8, 4) is 10.4 Å². The van der Waals surface area contributed by atoms with Gasteiger partial charge in [0, 0.05) is 12.8 Å². The fourth-order valence-electron chi connectivity index (χ4n) is 2.77. The number of aryl methyl sites for hydroxylation is 1. The second-order valence-corrected chi connectivity index (χ2v) is 10.0. The number of thiazole rings is 1. The largest absolute Gasteiger partial charge is 0.387 e. The molecule has 3 aromatic rings. The Kier molecular flexibility index (Phi) is 6.77. The van der Waals surface area contributed by atoms with Crippen LogP contribution in [0.2, 0.25) is 5.02 Å². The van der Waals surface area contributed by atoms with Gasteiger partial charge < -0.3 is 10.4 Å². The van der Waals surface area contributed by atoms with Gasteiger partial charge in [0.15, 0.2) is 15.0 Å². The standard InChI is InChI=1S/C20H20ClN3O4S2/c1-12-18(14-8-9-15(21)17(10-14)30(2,27)28)29-20(23-12)24-19(26)22-11-16(25)13-6-4-3-5-7-13/h3-10,16,25H,11H2,1-2H3,(H2,22,23,24,26). The molecule has 1 aromatic heterocycles. The molecule has 0 aliphatic rings. The van der Waals surface area contributed by atoms with Crippen LogP contribution in [0.3, 0.4) is 0 Å². The smallest absolute Gasteiger partial charge is 0.321 e. The minimum Gasteiger partial charge on any atom is -0.387 e. The summed E-state index contributed by atoms with van der Waals surface area (Å²) in [6, 6.07) is 13.2. The third kappa shape index (κ3) is 5.37. The third-order valence-corrected chi connectivity index (χ3v) is 6.95. The molecule has 2 aromatic carbocycles. The number of carbonyl (C=O) groups excluding carboxylic acids is 1. The number of rotatable bonds is 6. The summed E-state index contributed by atoms with van der Waals surface area (Å²) in [6.45, 7) is 1.81. The first-order valence-electron chi connectivity index (χ1n) is 8.90. The van der Waals surface area contributed by atoms with Crippen LogP contribution >= 0.6 is 22.9 Å². The number of hydrogen-bond acceptors (Lipinski definition) is 6. The van der Waals surface area contributed by atoms with Crippen molar-refractivity contribution in [3.05, 3.63) is 64.8 Å². The molecule has 0 spiro atoms. The number of sulfone groups is 1. The molecule has 3 rings (SSSR count). The fourth-order valence-corrected chi connectivity index (χ4v) is 5.03. The molecule has 0 radical (unpaired) electrons. The number of amides is 2. The summed E-state index contributed by atoms with van der Waals surface area (Å²) in [5.41, 5.74) is 1.98. The molecule has 0 aliphatic heterocycles. The molecular formula is C20H20ClN3O4S2. The average Bonchev–Trinajstić information content (AvgIpc) is 3.06. The fraction of sp³-hybridized carbons (Fsp3) is 0.200. The van der Waals surface area contributed by atoms with Gasteiger partial charge in [-0.1, -0.05) is 59.3 Å². The maximum Gasteiger partial charge on any atom is 0.321 e. The van der Waals surface area contributed by atoms with E-state index in [4.69, 9.17) is 11.6 Å². The highest BCUT2D eigenvalue weighted by molar-refractivity contribution is 7.90. The van der Waals surface area contributed by atoms with Crippen LogP contribution in [0.5, 0.6) is 0 Å². The molecule has 0 aliphatic carbocycles. The van der Waals surface area contributed by atoms with Crippen molar-refractivity contribution in [3.63, 3.8) is 0 Å². The lowest BCUT2D eigenvalue weighted by Gasteiger charge is -2.12. The summed E-state index contributed by atoms with van der Waals surface area (Å²) >= 11 is 7.22. The van der Waals surface area contributed by atoms with Gasteiger partial charge in [-0.05, 0) is 30.2 Å². The van der Waals surface area contributed by atoms with Crippen molar-refractivity contribution >= 4 is 43.9 Å². The second-order valence-electron chi connectivity index (χ2n) is 6.61. The Balaban J connectivity index is 1.70. The summed E-state index contributed by atoms with van der Waals surface area (Å²) in [4.78, 5) is 17.3. The summed E-state index contributed by atoms with van der Waals surface area (Å²) in [6.07, 6.45) is 0.271. The molecule has 10 heteroatoms.